The highest BCUT2D eigenvalue weighted by atomic mass is 35.5. The van der Waals surface area contributed by atoms with Gasteiger partial charge in [0.05, 0.1) is 16.3 Å². The summed E-state index contributed by atoms with van der Waals surface area (Å²) in [7, 11) is 0. The van der Waals surface area contributed by atoms with Crippen molar-refractivity contribution in [3.8, 4) is 0 Å². The topological polar surface area (TPSA) is 70.7 Å². The van der Waals surface area contributed by atoms with Gasteiger partial charge in [0.25, 0.3) is 5.56 Å². The number of halogens is 4. The number of aromatic amines is 1. The SMILES string of the molecule is CCc1n[nH]c(=O)c(CNc2ncc(C(F)(F)F)cc2Cl)c1CC. The van der Waals surface area contributed by atoms with E-state index in [1.165, 1.54) is 0 Å². The van der Waals surface area contributed by atoms with Crippen LogP contribution in [0.3, 0.4) is 0 Å². The number of H-pyrrole nitrogens is 1. The van der Waals surface area contributed by atoms with Crippen molar-refractivity contribution in [1.82, 2.24) is 15.2 Å². The van der Waals surface area contributed by atoms with Crippen LogP contribution in [0.5, 0.6) is 0 Å². The fourth-order valence-corrected chi connectivity index (χ4v) is 2.59. The van der Waals surface area contributed by atoms with Crippen LogP contribution in [0.2, 0.25) is 5.02 Å². The average Bonchev–Trinajstić information content (AvgIpc) is 2.53. The molecule has 2 N–H and O–H groups in total. The van der Waals surface area contributed by atoms with Crippen LogP contribution >= 0.6 is 11.6 Å². The monoisotopic (exact) mass is 360 g/mol. The van der Waals surface area contributed by atoms with Crippen molar-refractivity contribution < 1.29 is 13.2 Å². The van der Waals surface area contributed by atoms with Crippen LogP contribution in [-0.2, 0) is 25.6 Å². The number of aryl methyl sites for hydroxylation is 1. The maximum absolute atomic E-state index is 12.6. The van der Waals surface area contributed by atoms with E-state index in [-0.39, 0.29) is 22.9 Å². The fourth-order valence-electron chi connectivity index (χ4n) is 2.36. The van der Waals surface area contributed by atoms with E-state index in [0.29, 0.717) is 24.6 Å². The molecule has 0 atom stereocenters. The zero-order chi connectivity index (χ0) is 17.9. The van der Waals surface area contributed by atoms with E-state index in [4.69, 9.17) is 11.6 Å². The molecule has 5 nitrogen and oxygen atoms in total. The number of hydrogen-bond acceptors (Lipinski definition) is 4. The van der Waals surface area contributed by atoms with Gasteiger partial charge in [-0.2, -0.15) is 18.3 Å². The van der Waals surface area contributed by atoms with Gasteiger partial charge in [-0.15, -0.1) is 0 Å². The van der Waals surface area contributed by atoms with Crippen molar-refractivity contribution in [2.75, 3.05) is 5.32 Å². The van der Waals surface area contributed by atoms with E-state index in [1.54, 1.807) is 0 Å². The summed E-state index contributed by atoms with van der Waals surface area (Å²) in [5.74, 6) is 0.0842. The van der Waals surface area contributed by atoms with E-state index < -0.39 is 11.7 Å². The summed E-state index contributed by atoms with van der Waals surface area (Å²) < 4.78 is 37.8. The summed E-state index contributed by atoms with van der Waals surface area (Å²) >= 11 is 5.85. The maximum atomic E-state index is 12.6. The van der Waals surface area contributed by atoms with Gasteiger partial charge in [0.15, 0.2) is 0 Å². The molecule has 0 aromatic carbocycles. The van der Waals surface area contributed by atoms with Gasteiger partial charge in [-0.1, -0.05) is 25.4 Å². The van der Waals surface area contributed by atoms with Gasteiger partial charge in [-0.05, 0) is 24.5 Å². The molecular weight excluding hydrogens is 345 g/mol. The smallest absolute Gasteiger partial charge is 0.365 e. The van der Waals surface area contributed by atoms with Crippen molar-refractivity contribution in [2.45, 2.75) is 39.4 Å². The highest BCUT2D eigenvalue weighted by molar-refractivity contribution is 6.32. The van der Waals surface area contributed by atoms with Crippen LogP contribution in [-0.4, -0.2) is 15.2 Å². The van der Waals surface area contributed by atoms with Gasteiger partial charge in [0.2, 0.25) is 0 Å². The Morgan fingerprint density at radius 3 is 2.50 bits per heavy atom. The molecule has 0 amide bonds. The van der Waals surface area contributed by atoms with Crippen molar-refractivity contribution in [2.24, 2.45) is 0 Å². The summed E-state index contributed by atoms with van der Waals surface area (Å²) in [5, 5.41) is 9.09. The number of nitrogens with zero attached hydrogens (tertiary/aromatic N) is 2. The molecule has 2 rings (SSSR count). The lowest BCUT2D eigenvalue weighted by molar-refractivity contribution is -0.137. The van der Waals surface area contributed by atoms with E-state index in [2.05, 4.69) is 20.5 Å². The van der Waals surface area contributed by atoms with Crippen molar-refractivity contribution in [3.63, 3.8) is 0 Å². The highest BCUT2D eigenvalue weighted by Gasteiger charge is 2.31. The van der Waals surface area contributed by atoms with Crippen LogP contribution in [0, 0.1) is 0 Å². The van der Waals surface area contributed by atoms with Crippen LogP contribution in [0.25, 0.3) is 0 Å². The molecule has 0 saturated heterocycles. The number of anilines is 1. The molecule has 2 heterocycles. The second-order valence-corrected chi connectivity index (χ2v) is 5.48. The van der Waals surface area contributed by atoms with Gasteiger partial charge in [0, 0.05) is 18.3 Å². The third kappa shape index (κ3) is 3.87. The number of nitrogens with one attached hydrogen (secondary N) is 2. The van der Waals surface area contributed by atoms with E-state index in [0.717, 1.165) is 17.3 Å². The first-order chi connectivity index (χ1) is 11.3. The van der Waals surface area contributed by atoms with Gasteiger partial charge >= 0.3 is 6.18 Å². The second-order valence-electron chi connectivity index (χ2n) is 5.07. The Bertz CT molecular complexity index is 789. The van der Waals surface area contributed by atoms with Gasteiger partial charge in [-0.25, -0.2) is 10.1 Å². The Morgan fingerprint density at radius 1 is 1.25 bits per heavy atom. The molecule has 9 heteroatoms. The molecule has 0 aliphatic rings. The van der Waals surface area contributed by atoms with Crippen molar-refractivity contribution in [1.29, 1.82) is 0 Å². The summed E-state index contributed by atoms with van der Waals surface area (Å²) in [4.78, 5) is 15.7. The molecule has 2 aromatic heterocycles. The van der Waals surface area contributed by atoms with Crippen LogP contribution in [0.1, 0.15) is 36.2 Å². The van der Waals surface area contributed by atoms with Crippen molar-refractivity contribution >= 4 is 17.4 Å². The zero-order valence-corrected chi connectivity index (χ0v) is 13.8. The summed E-state index contributed by atoms with van der Waals surface area (Å²) in [6, 6.07) is 0.797. The number of hydrogen-bond donors (Lipinski definition) is 2. The molecule has 0 unspecified atom stereocenters. The minimum Gasteiger partial charge on any atom is -0.365 e. The van der Waals surface area contributed by atoms with E-state index in [9.17, 15) is 18.0 Å². The Labute approximate surface area is 141 Å². The van der Waals surface area contributed by atoms with Gasteiger partial charge in [-0.3, -0.25) is 4.79 Å². The predicted octanol–water partition coefficient (Wildman–Crippen LogP) is 3.57. The first kappa shape index (κ1) is 18.3. The van der Waals surface area contributed by atoms with Crippen LogP contribution < -0.4 is 10.9 Å². The molecule has 130 valence electrons. The quantitative estimate of drug-likeness (QED) is 0.855. The maximum Gasteiger partial charge on any atom is 0.417 e. The number of aromatic nitrogens is 3. The van der Waals surface area contributed by atoms with Gasteiger partial charge < -0.3 is 5.32 Å². The summed E-state index contributed by atoms with van der Waals surface area (Å²) in [6.45, 7) is 3.92. The third-order valence-corrected chi connectivity index (χ3v) is 3.86. The lowest BCUT2D eigenvalue weighted by Gasteiger charge is -2.13. The third-order valence-electron chi connectivity index (χ3n) is 3.57. The molecular formula is C15H16ClF3N4O. The molecule has 0 spiro atoms. The molecule has 0 saturated carbocycles. The summed E-state index contributed by atoms with van der Waals surface area (Å²) in [6.07, 6.45) is -2.54. The highest BCUT2D eigenvalue weighted by Crippen LogP contribution is 2.32. The normalized spacial score (nSPS) is 11.6. The second kappa shape index (κ2) is 7.21. The predicted molar refractivity (Wildman–Crippen MR) is 85.2 cm³/mol. The molecule has 0 aliphatic carbocycles. The standard InChI is InChI=1S/C15H16ClF3N4O/c1-3-9-10(14(24)23-22-12(9)4-2)7-21-13-11(16)5-8(6-20-13)15(17,18)19/h5-6H,3-4,7H2,1-2H3,(H,20,21)(H,23,24). The number of rotatable bonds is 5. The molecule has 2 aromatic rings. The van der Waals surface area contributed by atoms with Crippen LogP contribution in [0.15, 0.2) is 17.1 Å². The van der Waals surface area contributed by atoms with Crippen LogP contribution in [0.4, 0.5) is 19.0 Å². The van der Waals surface area contributed by atoms with E-state index >= 15 is 0 Å². The molecule has 0 fully saturated rings. The molecule has 0 bridgehead atoms. The first-order valence-electron chi connectivity index (χ1n) is 7.33. The molecule has 24 heavy (non-hydrogen) atoms. The zero-order valence-electron chi connectivity index (χ0n) is 13.1. The minimum absolute atomic E-state index is 0.0842. The lowest BCUT2D eigenvalue weighted by Crippen LogP contribution is -2.22. The van der Waals surface area contributed by atoms with E-state index in [1.807, 2.05) is 13.8 Å². The first-order valence-corrected chi connectivity index (χ1v) is 7.71. The number of pyridine rings is 1. The summed E-state index contributed by atoms with van der Waals surface area (Å²) in [5.41, 5.74) is 0.793. The lowest BCUT2D eigenvalue weighted by atomic mass is 10.0. The Kier molecular flexibility index (Phi) is 5.48. The number of alkyl halides is 3. The Hall–Kier alpha value is -2.09. The minimum atomic E-state index is -4.51. The molecule has 0 radical (unpaired) electrons. The Balaban J connectivity index is 2.28. The fraction of sp³-hybridized carbons (Fsp3) is 0.400. The van der Waals surface area contributed by atoms with Gasteiger partial charge in [0.1, 0.15) is 5.82 Å². The average molecular weight is 361 g/mol. The Morgan fingerprint density at radius 2 is 1.96 bits per heavy atom. The van der Waals surface area contributed by atoms with Crippen molar-refractivity contribution in [3.05, 3.63) is 50.0 Å². The largest absolute Gasteiger partial charge is 0.417 e. The molecule has 0 aliphatic heterocycles.